The number of aromatic amines is 1. The number of ether oxygens (including phenoxy) is 1. The van der Waals surface area contributed by atoms with Gasteiger partial charge < -0.3 is 20.4 Å². The molecule has 0 aliphatic carbocycles. The van der Waals surface area contributed by atoms with E-state index in [4.69, 9.17) is 10.5 Å². The number of nitrogens with one attached hydrogen (secondary N) is 1. The van der Waals surface area contributed by atoms with Crippen molar-refractivity contribution in [1.29, 1.82) is 0 Å². The molecule has 0 atom stereocenters. The molecule has 6 heteroatoms. The van der Waals surface area contributed by atoms with E-state index in [2.05, 4.69) is 26.8 Å². The van der Waals surface area contributed by atoms with Crippen LogP contribution in [0, 0.1) is 0 Å². The summed E-state index contributed by atoms with van der Waals surface area (Å²) in [6.45, 7) is 6.18. The molecule has 1 saturated heterocycles. The number of hydrogen-bond donors (Lipinski definition) is 2. The van der Waals surface area contributed by atoms with Crippen LogP contribution in [0.4, 0.5) is 5.95 Å². The van der Waals surface area contributed by atoms with E-state index in [0.717, 1.165) is 49.5 Å². The van der Waals surface area contributed by atoms with Crippen LogP contribution in [0.25, 0.3) is 11.0 Å². The van der Waals surface area contributed by atoms with Gasteiger partial charge in [0.2, 0.25) is 0 Å². The minimum atomic E-state index is 0.439. The topological polar surface area (TPSA) is 70.4 Å². The van der Waals surface area contributed by atoms with E-state index < -0.39 is 0 Å². The molecule has 3 N–H and O–H groups in total. The van der Waals surface area contributed by atoms with Gasteiger partial charge >= 0.3 is 0 Å². The van der Waals surface area contributed by atoms with Crippen molar-refractivity contribution in [3.63, 3.8) is 0 Å². The van der Waals surface area contributed by atoms with Crippen LogP contribution in [0.2, 0.25) is 0 Å². The lowest BCUT2D eigenvalue weighted by atomic mass is 10.3. The Bertz CT molecular complexity index is 574. The van der Waals surface area contributed by atoms with Crippen molar-refractivity contribution in [3.05, 3.63) is 18.2 Å². The Morgan fingerprint density at radius 2 is 2.10 bits per heavy atom. The van der Waals surface area contributed by atoms with E-state index in [1.54, 1.807) is 0 Å². The Labute approximate surface area is 118 Å². The average molecular weight is 275 g/mol. The maximum Gasteiger partial charge on any atom is 0.198 e. The number of piperazine rings is 1. The van der Waals surface area contributed by atoms with Gasteiger partial charge in [-0.15, -0.1) is 0 Å². The average Bonchev–Trinajstić information content (AvgIpc) is 2.80. The van der Waals surface area contributed by atoms with Gasteiger partial charge in [-0.2, -0.15) is 0 Å². The molecule has 1 aromatic heterocycles. The third-order valence-electron chi connectivity index (χ3n) is 3.74. The normalized spacial score (nSPS) is 17.6. The summed E-state index contributed by atoms with van der Waals surface area (Å²) in [7, 11) is 2.17. The van der Waals surface area contributed by atoms with Crippen molar-refractivity contribution in [1.82, 2.24) is 19.8 Å². The van der Waals surface area contributed by atoms with E-state index in [9.17, 15) is 0 Å². The molecule has 0 unspecified atom stereocenters. The van der Waals surface area contributed by atoms with Crippen LogP contribution in [-0.4, -0.2) is 66.1 Å². The van der Waals surface area contributed by atoms with Gasteiger partial charge in [-0.05, 0) is 19.2 Å². The summed E-state index contributed by atoms with van der Waals surface area (Å²) in [4.78, 5) is 12.0. The summed E-state index contributed by atoms with van der Waals surface area (Å²) < 4.78 is 5.80. The molecule has 20 heavy (non-hydrogen) atoms. The first-order valence-corrected chi connectivity index (χ1v) is 7.00. The fraction of sp³-hybridized carbons (Fsp3) is 0.500. The lowest BCUT2D eigenvalue weighted by Gasteiger charge is -2.32. The number of fused-ring (bicyclic) bond motifs is 1. The number of H-pyrrole nitrogens is 1. The highest BCUT2D eigenvalue weighted by Gasteiger charge is 2.13. The second-order valence-electron chi connectivity index (χ2n) is 5.29. The Morgan fingerprint density at radius 3 is 2.90 bits per heavy atom. The Kier molecular flexibility index (Phi) is 3.75. The molecule has 3 rings (SSSR count). The number of nitrogen functional groups attached to an aromatic ring is 1. The number of aromatic nitrogens is 2. The second-order valence-corrected chi connectivity index (χ2v) is 5.29. The lowest BCUT2D eigenvalue weighted by Crippen LogP contribution is -2.45. The number of likely N-dealkylation sites (N-methyl/N-ethyl adjacent to an activating group) is 1. The van der Waals surface area contributed by atoms with E-state index >= 15 is 0 Å². The molecule has 0 bridgehead atoms. The van der Waals surface area contributed by atoms with Crippen LogP contribution in [0.5, 0.6) is 5.75 Å². The first kappa shape index (κ1) is 13.2. The van der Waals surface area contributed by atoms with Crippen LogP contribution in [0.1, 0.15) is 0 Å². The monoisotopic (exact) mass is 275 g/mol. The van der Waals surface area contributed by atoms with Crippen molar-refractivity contribution < 1.29 is 4.74 Å². The minimum Gasteiger partial charge on any atom is -0.492 e. The molecule has 1 aliphatic rings. The Hall–Kier alpha value is -1.79. The van der Waals surface area contributed by atoms with Gasteiger partial charge in [-0.25, -0.2) is 4.98 Å². The molecule has 108 valence electrons. The van der Waals surface area contributed by atoms with Gasteiger partial charge in [-0.1, -0.05) is 0 Å². The number of nitrogens with zero attached hydrogens (tertiary/aromatic N) is 3. The van der Waals surface area contributed by atoms with Crippen LogP contribution >= 0.6 is 0 Å². The SMILES string of the molecule is CN1CCN(CCOc2ccc3[nH]c(N)nc3c2)CC1. The lowest BCUT2D eigenvalue weighted by molar-refractivity contribution is 0.134. The summed E-state index contributed by atoms with van der Waals surface area (Å²) in [5.41, 5.74) is 7.42. The first-order chi connectivity index (χ1) is 9.70. The first-order valence-electron chi connectivity index (χ1n) is 7.00. The quantitative estimate of drug-likeness (QED) is 0.862. The smallest absolute Gasteiger partial charge is 0.198 e. The molecular formula is C14H21N5O. The van der Waals surface area contributed by atoms with Crippen LogP contribution in [0.15, 0.2) is 18.2 Å². The Balaban J connectivity index is 1.52. The largest absolute Gasteiger partial charge is 0.492 e. The molecule has 0 radical (unpaired) electrons. The van der Waals surface area contributed by atoms with E-state index in [0.29, 0.717) is 12.6 Å². The molecule has 1 aromatic carbocycles. The molecular weight excluding hydrogens is 254 g/mol. The van der Waals surface area contributed by atoms with Gasteiger partial charge in [-0.3, -0.25) is 4.90 Å². The predicted molar refractivity (Wildman–Crippen MR) is 79.9 cm³/mol. The standard InChI is InChI=1S/C14H21N5O/c1-18-4-6-19(7-5-18)8-9-20-11-2-3-12-13(10-11)17-14(15)16-12/h2-3,10H,4-9H2,1H3,(H3,15,16,17). The molecule has 1 fully saturated rings. The zero-order valence-corrected chi connectivity index (χ0v) is 11.8. The zero-order valence-electron chi connectivity index (χ0n) is 11.8. The molecule has 6 nitrogen and oxygen atoms in total. The third-order valence-corrected chi connectivity index (χ3v) is 3.74. The number of hydrogen-bond acceptors (Lipinski definition) is 5. The summed E-state index contributed by atoms with van der Waals surface area (Å²) in [6.07, 6.45) is 0. The molecule has 1 aliphatic heterocycles. The summed E-state index contributed by atoms with van der Waals surface area (Å²) in [6, 6.07) is 5.82. The number of nitrogens with two attached hydrogens (primary N) is 1. The highest BCUT2D eigenvalue weighted by molar-refractivity contribution is 5.78. The van der Waals surface area contributed by atoms with Crippen molar-refractivity contribution >= 4 is 17.0 Å². The van der Waals surface area contributed by atoms with E-state index in [-0.39, 0.29) is 0 Å². The molecule has 0 amide bonds. The van der Waals surface area contributed by atoms with Gasteiger partial charge in [0.15, 0.2) is 5.95 Å². The highest BCUT2D eigenvalue weighted by atomic mass is 16.5. The fourth-order valence-corrected chi connectivity index (χ4v) is 2.46. The molecule has 2 heterocycles. The number of anilines is 1. The molecule has 0 spiro atoms. The zero-order chi connectivity index (χ0) is 13.9. The Morgan fingerprint density at radius 1 is 1.30 bits per heavy atom. The van der Waals surface area contributed by atoms with Gasteiger partial charge in [0.1, 0.15) is 12.4 Å². The van der Waals surface area contributed by atoms with Crippen LogP contribution in [-0.2, 0) is 0 Å². The number of imidazole rings is 1. The van der Waals surface area contributed by atoms with Gasteiger partial charge in [0.05, 0.1) is 11.0 Å². The second kappa shape index (κ2) is 5.68. The summed E-state index contributed by atoms with van der Waals surface area (Å²) >= 11 is 0. The van der Waals surface area contributed by atoms with Crippen molar-refractivity contribution in [3.8, 4) is 5.75 Å². The van der Waals surface area contributed by atoms with Gasteiger partial charge in [0, 0.05) is 38.8 Å². The molecule has 0 saturated carbocycles. The number of rotatable bonds is 4. The summed E-state index contributed by atoms with van der Waals surface area (Å²) in [5.74, 6) is 1.28. The van der Waals surface area contributed by atoms with Crippen molar-refractivity contribution in [2.24, 2.45) is 0 Å². The minimum absolute atomic E-state index is 0.439. The van der Waals surface area contributed by atoms with Gasteiger partial charge in [0.25, 0.3) is 0 Å². The van der Waals surface area contributed by atoms with Crippen molar-refractivity contribution in [2.75, 3.05) is 52.1 Å². The van der Waals surface area contributed by atoms with Crippen molar-refractivity contribution in [2.45, 2.75) is 0 Å². The number of benzene rings is 1. The third kappa shape index (κ3) is 3.02. The maximum atomic E-state index is 5.80. The van der Waals surface area contributed by atoms with Crippen LogP contribution < -0.4 is 10.5 Å². The molecule has 2 aromatic rings. The predicted octanol–water partition coefficient (Wildman–Crippen LogP) is 0.771. The maximum absolute atomic E-state index is 5.80. The van der Waals surface area contributed by atoms with E-state index in [1.807, 2.05) is 18.2 Å². The van der Waals surface area contributed by atoms with E-state index in [1.165, 1.54) is 0 Å². The summed E-state index contributed by atoms with van der Waals surface area (Å²) in [5, 5.41) is 0. The highest BCUT2D eigenvalue weighted by Crippen LogP contribution is 2.19. The van der Waals surface area contributed by atoms with Crippen LogP contribution in [0.3, 0.4) is 0 Å². The fourth-order valence-electron chi connectivity index (χ4n) is 2.46.